The molecule has 0 radical (unpaired) electrons. The molecule has 0 aliphatic rings. The molecule has 0 aliphatic heterocycles. The summed E-state index contributed by atoms with van der Waals surface area (Å²) in [5.74, 6) is -0.731. The molecule has 0 aromatic heterocycles. The minimum atomic E-state index is -0.731. The third kappa shape index (κ3) is 4.27. The van der Waals surface area contributed by atoms with Crippen molar-refractivity contribution in [3.63, 3.8) is 0 Å². The van der Waals surface area contributed by atoms with Gasteiger partial charge in [-0.1, -0.05) is 26.0 Å². The lowest BCUT2D eigenvalue weighted by molar-refractivity contribution is -0.139. The Morgan fingerprint density at radius 3 is 2.31 bits per heavy atom. The number of carboxylic acids is 1. The maximum atomic E-state index is 10.7. The first-order valence-electron chi connectivity index (χ1n) is 5.28. The van der Waals surface area contributed by atoms with Crippen molar-refractivity contribution in [1.82, 2.24) is 0 Å². The monoisotopic (exact) mass is 238 g/mol. The Balaban J connectivity index is 2.68. The quantitative estimate of drug-likeness (QED) is 0.798. The van der Waals surface area contributed by atoms with Crippen molar-refractivity contribution in [2.75, 3.05) is 6.26 Å². The summed E-state index contributed by atoms with van der Waals surface area (Å²) in [4.78, 5) is 11.9. The molecule has 1 N–H and O–H groups in total. The number of carbonyl (C=O) groups is 1. The fourth-order valence-electron chi connectivity index (χ4n) is 1.77. The van der Waals surface area contributed by atoms with Gasteiger partial charge < -0.3 is 5.11 Å². The van der Waals surface area contributed by atoms with E-state index in [0.717, 1.165) is 6.42 Å². The van der Waals surface area contributed by atoms with Crippen molar-refractivity contribution in [1.29, 1.82) is 0 Å². The standard InChI is InChI=1S/C13H18O2S/c1-13(2,9-12(14)15)8-10-4-6-11(16-3)7-5-10/h4-7H,8-9H2,1-3H3,(H,14,15). The van der Waals surface area contributed by atoms with Gasteiger partial charge in [0, 0.05) is 4.90 Å². The van der Waals surface area contributed by atoms with Gasteiger partial charge in [0.05, 0.1) is 6.42 Å². The van der Waals surface area contributed by atoms with Crippen molar-refractivity contribution in [3.05, 3.63) is 29.8 Å². The molecule has 0 aliphatic carbocycles. The van der Waals surface area contributed by atoms with E-state index in [1.807, 2.05) is 20.1 Å². The van der Waals surface area contributed by atoms with Crippen LogP contribution in [-0.2, 0) is 11.2 Å². The van der Waals surface area contributed by atoms with Crippen LogP contribution in [0.3, 0.4) is 0 Å². The molecule has 2 nitrogen and oxygen atoms in total. The minimum absolute atomic E-state index is 0.188. The Labute approximate surface area is 101 Å². The van der Waals surface area contributed by atoms with Crippen LogP contribution in [0.15, 0.2) is 29.2 Å². The van der Waals surface area contributed by atoms with Crippen LogP contribution in [-0.4, -0.2) is 17.3 Å². The van der Waals surface area contributed by atoms with Crippen LogP contribution >= 0.6 is 11.8 Å². The van der Waals surface area contributed by atoms with E-state index in [0.29, 0.717) is 0 Å². The van der Waals surface area contributed by atoms with E-state index in [4.69, 9.17) is 5.11 Å². The molecule has 88 valence electrons. The number of hydrogen-bond donors (Lipinski definition) is 1. The highest BCUT2D eigenvalue weighted by Gasteiger charge is 2.21. The number of benzene rings is 1. The topological polar surface area (TPSA) is 37.3 Å². The van der Waals surface area contributed by atoms with Gasteiger partial charge in [-0.3, -0.25) is 4.79 Å². The second-order valence-electron chi connectivity index (χ2n) is 4.76. The highest BCUT2D eigenvalue weighted by molar-refractivity contribution is 7.98. The van der Waals surface area contributed by atoms with Gasteiger partial charge in [-0.05, 0) is 35.8 Å². The maximum Gasteiger partial charge on any atom is 0.303 e. The zero-order chi connectivity index (χ0) is 12.2. The van der Waals surface area contributed by atoms with Crippen LogP contribution in [0.25, 0.3) is 0 Å². The number of hydrogen-bond acceptors (Lipinski definition) is 2. The fourth-order valence-corrected chi connectivity index (χ4v) is 2.18. The summed E-state index contributed by atoms with van der Waals surface area (Å²) in [5, 5.41) is 8.81. The SMILES string of the molecule is CSc1ccc(CC(C)(C)CC(=O)O)cc1. The van der Waals surface area contributed by atoms with E-state index in [2.05, 4.69) is 24.3 Å². The molecule has 0 atom stereocenters. The van der Waals surface area contributed by atoms with Crippen molar-refractivity contribution >= 4 is 17.7 Å². The van der Waals surface area contributed by atoms with E-state index in [-0.39, 0.29) is 11.8 Å². The van der Waals surface area contributed by atoms with E-state index >= 15 is 0 Å². The number of carboxylic acid groups (broad SMARTS) is 1. The predicted octanol–water partition coefficient (Wildman–Crippen LogP) is 3.45. The van der Waals surface area contributed by atoms with Gasteiger partial charge in [-0.25, -0.2) is 0 Å². The van der Waals surface area contributed by atoms with Crippen molar-refractivity contribution in [3.8, 4) is 0 Å². The van der Waals surface area contributed by atoms with Crippen molar-refractivity contribution in [2.24, 2.45) is 5.41 Å². The lowest BCUT2D eigenvalue weighted by Crippen LogP contribution is -2.19. The summed E-state index contributed by atoms with van der Waals surface area (Å²) in [7, 11) is 0. The average Bonchev–Trinajstić information content (AvgIpc) is 2.16. The Morgan fingerprint density at radius 1 is 1.31 bits per heavy atom. The Morgan fingerprint density at radius 2 is 1.88 bits per heavy atom. The second-order valence-corrected chi connectivity index (χ2v) is 5.64. The highest BCUT2D eigenvalue weighted by Crippen LogP contribution is 2.26. The van der Waals surface area contributed by atoms with Gasteiger partial charge in [-0.2, -0.15) is 0 Å². The summed E-state index contributed by atoms with van der Waals surface area (Å²) in [6, 6.07) is 8.32. The van der Waals surface area contributed by atoms with Crippen molar-refractivity contribution < 1.29 is 9.90 Å². The zero-order valence-electron chi connectivity index (χ0n) is 9.99. The van der Waals surface area contributed by atoms with Gasteiger partial charge in [-0.15, -0.1) is 11.8 Å². The molecule has 1 aromatic rings. The smallest absolute Gasteiger partial charge is 0.303 e. The molecule has 16 heavy (non-hydrogen) atoms. The molecular weight excluding hydrogens is 220 g/mol. The Hall–Kier alpha value is -0.960. The minimum Gasteiger partial charge on any atom is -0.481 e. The van der Waals surface area contributed by atoms with Crippen LogP contribution < -0.4 is 0 Å². The van der Waals surface area contributed by atoms with Gasteiger partial charge in [0.1, 0.15) is 0 Å². The molecular formula is C13H18O2S. The first-order chi connectivity index (χ1) is 7.43. The summed E-state index contributed by atoms with van der Waals surface area (Å²) >= 11 is 1.71. The van der Waals surface area contributed by atoms with E-state index in [1.54, 1.807) is 11.8 Å². The van der Waals surface area contributed by atoms with Gasteiger partial charge in [0.25, 0.3) is 0 Å². The molecule has 1 aromatic carbocycles. The maximum absolute atomic E-state index is 10.7. The van der Waals surface area contributed by atoms with Crippen LogP contribution in [0.2, 0.25) is 0 Å². The summed E-state index contributed by atoms with van der Waals surface area (Å²) in [6.45, 7) is 3.98. The van der Waals surface area contributed by atoms with Crippen molar-refractivity contribution in [2.45, 2.75) is 31.6 Å². The van der Waals surface area contributed by atoms with E-state index < -0.39 is 5.97 Å². The highest BCUT2D eigenvalue weighted by atomic mass is 32.2. The normalized spacial score (nSPS) is 11.4. The molecule has 0 heterocycles. The first kappa shape index (κ1) is 13.1. The number of thioether (sulfide) groups is 1. The number of rotatable bonds is 5. The second kappa shape index (κ2) is 5.39. The predicted molar refractivity (Wildman–Crippen MR) is 68.0 cm³/mol. The zero-order valence-corrected chi connectivity index (χ0v) is 10.8. The molecule has 0 saturated carbocycles. The summed E-state index contributed by atoms with van der Waals surface area (Å²) in [5.41, 5.74) is 1.01. The van der Waals surface area contributed by atoms with Crippen LogP contribution in [0.4, 0.5) is 0 Å². The molecule has 0 saturated heterocycles. The van der Waals surface area contributed by atoms with E-state index in [1.165, 1.54) is 10.5 Å². The van der Waals surface area contributed by atoms with Crippen LogP contribution in [0, 0.1) is 5.41 Å². The molecule has 0 fully saturated rings. The van der Waals surface area contributed by atoms with Gasteiger partial charge in [0.2, 0.25) is 0 Å². The molecule has 0 spiro atoms. The third-order valence-corrected chi connectivity index (χ3v) is 3.22. The molecule has 0 unspecified atom stereocenters. The largest absolute Gasteiger partial charge is 0.481 e. The fraction of sp³-hybridized carbons (Fsp3) is 0.462. The van der Waals surface area contributed by atoms with Gasteiger partial charge in [0.15, 0.2) is 0 Å². The average molecular weight is 238 g/mol. The molecule has 1 rings (SSSR count). The van der Waals surface area contributed by atoms with Crippen LogP contribution in [0.5, 0.6) is 0 Å². The third-order valence-electron chi connectivity index (χ3n) is 2.47. The first-order valence-corrected chi connectivity index (χ1v) is 6.50. The lowest BCUT2D eigenvalue weighted by Gasteiger charge is -2.22. The van der Waals surface area contributed by atoms with E-state index in [9.17, 15) is 4.79 Å². The number of aliphatic carboxylic acids is 1. The molecule has 0 amide bonds. The molecule has 0 bridgehead atoms. The lowest BCUT2D eigenvalue weighted by atomic mass is 9.83. The molecule has 3 heteroatoms. The van der Waals surface area contributed by atoms with Gasteiger partial charge >= 0.3 is 5.97 Å². The van der Waals surface area contributed by atoms with Crippen LogP contribution in [0.1, 0.15) is 25.8 Å². The summed E-state index contributed by atoms with van der Waals surface area (Å²) in [6.07, 6.45) is 3.05. The Bertz CT molecular complexity index is 355. The summed E-state index contributed by atoms with van der Waals surface area (Å²) < 4.78 is 0. The Kier molecular flexibility index (Phi) is 4.42.